The lowest BCUT2D eigenvalue weighted by Gasteiger charge is -2.23. The van der Waals surface area contributed by atoms with Gasteiger partial charge in [0.1, 0.15) is 5.82 Å². The third-order valence-electron chi connectivity index (χ3n) is 2.54. The number of nitrogens with two attached hydrogens (primary N) is 1. The molecule has 0 bridgehead atoms. The van der Waals surface area contributed by atoms with E-state index in [2.05, 4.69) is 10.3 Å². The van der Waals surface area contributed by atoms with Gasteiger partial charge in [0.25, 0.3) is 5.91 Å². The molecule has 0 radical (unpaired) electrons. The highest BCUT2D eigenvalue weighted by Crippen LogP contribution is 2.08. The fourth-order valence-electron chi connectivity index (χ4n) is 1.71. The van der Waals surface area contributed by atoms with Gasteiger partial charge in [-0.05, 0) is 25.0 Å². The van der Waals surface area contributed by atoms with Crippen LogP contribution in [0.1, 0.15) is 23.2 Å². The summed E-state index contributed by atoms with van der Waals surface area (Å²) in [6.07, 6.45) is 3.48. The Kier molecular flexibility index (Phi) is 3.36. The summed E-state index contributed by atoms with van der Waals surface area (Å²) in [5.74, 6) is 0.233. The Morgan fingerprint density at radius 2 is 2.50 bits per heavy atom. The number of hydrogen-bond donors (Lipinski definition) is 2. The van der Waals surface area contributed by atoms with Crippen molar-refractivity contribution in [2.24, 2.45) is 0 Å². The number of nitrogens with one attached hydrogen (secondary N) is 1. The van der Waals surface area contributed by atoms with Gasteiger partial charge in [-0.15, -0.1) is 0 Å². The Morgan fingerprint density at radius 1 is 1.62 bits per heavy atom. The summed E-state index contributed by atoms with van der Waals surface area (Å²) in [6.45, 7) is 1.38. The molecule has 86 valence electrons. The lowest BCUT2D eigenvalue weighted by molar-refractivity contribution is 0.0624. The van der Waals surface area contributed by atoms with Crippen LogP contribution < -0.4 is 11.1 Å². The molecule has 1 aliphatic rings. The first-order chi connectivity index (χ1) is 7.75. The highest BCUT2D eigenvalue weighted by Gasteiger charge is 2.17. The van der Waals surface area contributed by atoms with Crippen LogP contribution in [0.3, 0.4) is 0 Å². The molecule has 1 aliphatic heterocycles. The van der Waals surface area contributed by atoms with Crippen molar-refractivity contribution in [1.82, 2.24) is 10.3 Å². The van der Waals surface area contributed by atoms with Gasteiger partial charge in [-0.2, -0.15) is 0 Å². The van der Waals surface area contributed by atoms with E-state index in [1.54, 1.807) is 12.1 Å². The average molecular weight is 221 g/mol. The van der Waals surface area contributed by atoms with Crippen LogP contribution in [-0.4, -0.2) is 30.1 Å². The Morgan fingerprint density at radius 3 is 3.19 bits per heavy atom. The SMILES string of the molecule is Nc1cc(C(=O)NC2CCCOC2)ccn1. The van der Waals surface area contributed by atoms with E-state index in [4.69, 9.17) is 10.5 Å². The van der Waals surface area contributed by atoms with Crippen molar-refractivity contribution >= 4 is 11.7 Å². The lowest BCUT2D eigenvalue weighted by atomic mass is 10.1. The van der Waals surface area contributed by atoms with E-state index in [0.29, 0.717) is 18.0 Å². The number of aromatic nitrogens is 1. The normalized spacial score (nSPS) is 20.4. The van der Waals surface area contributed by atoms with E-state index < -0.39 is 0 Å². The molecule has 5 nitrogen and oxygen atoms in total. The smallest absolute Gasteiger partial charge is 0.251 e. The summed E-state index contributed by atoms with van der Waals surface area (Å²) >= 11 is 0. The molecule has 1 aromatic rings. The molecule has 1 aromatic heterocycles. The first-order valence-electron chi connectivity index (χ1n) is 5.36. The minimum atomic E-state index is -0.121. The predicted octanol–water partition coefficient (Wildman–Crippen LogP) is 0.573. The van der Waals surface area contributed by atoms with Gasteiger partial charge in [-0.3, -0.25) is 4.79 Å². The van der Waals surface area contributed by atoms with Crippen molar-refractivity contribution in [3.8, 4) is 0 Å². The number of pyridine rings is 1. The number of hydrogen-bond acceptors (Lipinski definition) is 4. The predicted molar refractivity (Wildman–Crippen MR) is 60.0 cm³/mol. The van der Waals surface area contributed by atoms with E-state index in [-0.39, 0.29) is 11.9 Å². The molecule has 1 saturated heterocycles. The number of rotatable bonds is 2. The van der Waals surface area contributed by atoms with Crippen molar-refractivity contribution in [3.05, 3.63) is 23.9 Å². The van der Waals surface area contributed by atoms with Crippen LogP contribution in [0.5, 0.6) is 0 Å². The summed E-state index contributed by atoms with van der Waals surface area (Å²) in [5.41, 5.74) is 6.05. The number of carbonyl (C=O) groups is 1. The first kappa shape index (κ1) is 10.9. The Labute approximate surface area is 94.0 Å². The van der Waals surface area contributed by atoms with Gasteiger partial charge in [0.15, 0.2) is 0 Å². The summed E-state index contributed by atoms with van der Waals surface area (Å²) in [4.78, 5) is 15.7. The van der Waals surface area contributed by atoms with E-state index >= 15 is 0 Å². The second kappa shape index (κ2) is 4.94. The van der Waals surface area contributed by atoms with Crippen molar-refractivity contribution in [3.63, 3.8) is 0 Å². The number of amides is 1. The minimum Gasteiger partial charge on any atom is -0.384 e. The molecule has 2 rings (SSSR count). The van der Waals surface area contributed by atoms with Crippen molar-refractivity contribution in [1.29, 1.82) is 0 Å². The topological polar surface area (TPSA) is 77.2 Å². The monoisotopic (exact) mass is 221 g/mol. The minimum absolute atomic E-state index is 0.107. The van der Waals surface area contributed by atoms with Gasteiger partial charge in [0, 0.05) is 18.4 Å². The first-order valence-corrected chi connectivity index (χ1v) is 5.36. The molecule has 0 spiro atoms. The molecule has 3 N–H and O–H groups in total. The van der Waals surface area contributed by atoms with Crippen LogP contribution in [0.2, 0.25) is 0 Å². The molecule has 1 unspecified atom stereocenters. The lowest BCUT2D eigenvalue weighted by Crippen LogP contribution is -2.40. The Bertz CT molecular complexity index is 375. The van der Waals surface area contributed by atoms with Crippen molar-refractivity contribution in [2.45, 2.75) is 18.9 Å². The number of nitrogens with zero attached hydrogens (tertiary/aromatic N) is 1. The van der Waals surface area contributed by atoms with E-state index in [9.17, 15) is 4.79 Å². The van der Waals surface area contributed by atoms with Crippen LogP contribution in [0.4, 0.5) is 5.82 Å². The fraction of sp³-hybridized carbons (Fsp3) is 0.455. The highest BCUT2D eigenvalue weighted by atomic mass is 16.5. The molecule has 0 aromatic carbocycles. The third-order valence-corrected chi connectivity index (χ3v) is 2.54. The van der Waals surface area contributed by atoms with Crippen molar-refractivity contribution in [2.75, 3.05) is 18.9 Å². The van der Waals surface area contributed by atoms with Gasteiger partial charge < -0.3 is 15.8 Å². The molecular weight excluding hydrogens is 206 g/mol. The van der Waals surface area contributed by atoms with Crippen LogP contribution in [0.15, 0.2) is 18.3 Å². The summed E-state index contributed by atoms with van der Waals surface area (Å²) in [6, 6.07) is 3.32. The summed E-state index contributed by atoms with van der Waals surface area (Å²) in [5, 5.41) is 2.92. The highest BCUT2D eigenvalue weighted by molar-refractivity contribution is 5.94. The molecule has 2 heterocycles. The van der Waals surface area contributed by atoms with E-state index in [1.807, 2.05) is 0 Å². The molecule has 16 heavy (non-hydrogen) atoms. The second-order valence-electron chi connectivity index (χ2n) is 3.86. The number of ether oxygens (including phenoxy) is 1. The summed E-state index contributed by atoms with van der Waals surface area (Å²) < 4.78 is 5.29. The molecule has 5 heteroatoms. The zero-order valence-electron chi connectivity index (χ0n) is 8.98. The van der Waals surface area contributed by atoms with Crippen LogP contribution in [0, 0.1) is 0 Å². The molecular formula is C11H15N3O2. The van der Waals surface area contributed by atoms with Crippen molar-refractivity contribution < 1.29 is 9.53 Å². The maximum atomic E-state index is 11.8. The zero-order valence-corrected chi connectivity index (χ0v) is 8.98. The van der Waals surface area contributed by atoms with Gasteiger partial charge in [-0.1, -0.05) is 0 Å². The number of anilines is 1. The van der Waals surface area contributed by atoms with Gasteiger partial charge >= 0.3 is 0 Å². The third kappa shape index (κ3) is 2.70. The maximum absolute atomic E-state index is 11.8. The average Bonchev–Trinajstić information content (AvgIpc) is 2.30. The number of nitrogen functional groups attached to an aromatic ring is 1. The Balaban J connectivity index is 1.97. The molecule has 0 aliphatic carbocycles. The van der Waals surface area contributed by atoms with Gasteiger partial charge in [-0.25, -0.2) is 4.98 Å². The van der Waals surface area contributed by atoms with Crippen LogP contribution in [-0.2, 0) is 4.74 Å². The Hall–Kier alpha value is -1.62. The second-order valence-corrected chi connectivity index (χ2v) is 3.86. The molecule has 1 amide bonds. The quantitative estimate of drug-likeness (QED) is 0.765. The van der Waals surface area contributed by atoms with Crippen LogP contribution >= 0.6 is 0 Å². The summed E-state index contributed by atoms with van der Waals surface area (Å²) in [7, 11) is 0. The number of carbonyl (C=O) groups excluding carboxylic acids is 1. The van der Waals surface area contributed by atoms with Gasteiger partial charge in [0.05, 0.1) is 12.6 Å². The maximum Gasteiger partial charge on any atom is 0.251 e. The van der Waals surface area contributed by atoms with Gasteiger partial charge in [0.2, 0.25) is 0 Å². The molecule has 0 saturated carbocycles. The largest absolute Gasteiger partial charge is 0.384 e. The van der Waals surface area contributed by atoms with E-state index in [1.165, 1.54) is 6.20 Å². The fourth-order valence-corrected chi connectivity index (χ4v) is 1.71. The zero-order chi connectivity index (χ0) is 11.4. The molecule has 1 atom stereocenters. The molecule has 1 fully saturated rings. The standard InChI is InChI=1S/C11H15N3O2/c12-10-6-8(3-4-13-10)11(15)14-9-2-1-5-16-7-9/h3-4,6,9H,1-2,5,7H2,(H2,12,13)(H,14,15). The van der Waals surface area contributed by atoms with Crippen LogP contribution in [0.25, 0.3) is 0 Å². The van der Waals surface area contributed by atoms with E-state index in [0.717, 1.165) is 19.4 Å².